The molecule has 0 atom stereocenters. The van der Waals surface area contributed by atoms with Gasteiger partial charge in [0.2, 0.25) is 0 Å². The van der Waals surface area contributed by atoms with E-state index in [4.69, 9.17) is 4.74 Å². The highest BCUT2D eigenvalue weighted by molar-refractivity contribution is 14.0. The summed E-state index contributed by atoms with van der Waals surface area (Å²) < 4.78 is 5.24. The van der Waals surface area contributed by atoms with Crippen molar-refractivity contribution in [3.8, 4) is 11.5 Å². The van der Waals surface area contributed by atoms with E-state index in [-0.39, 0.29) is 29.7 Å². The molecule has 0 aliphatic carbocycles. The van der Waals surface area contributed by atoms with Gasteiger partial charge in [0.25, 0.3) is 0 Å². The van der Waals surface area contributed by atoms with Crippen molar-refractivity contribution in [2.24, 2.45) is 4.99 Å². The van der Waals surface area contributed by atoms with Crippen molar-refractivity contribution in [3.05, 3.63) is 47.7 Å². The number of aryl methyl sites for hydroxylation is 1. The number of aliphatic imine (C=N–C) groups is 1. The summed E-state index contributed by atoms with van der Waals surface area (Å²) in [6, 6.07) is 11.7. The second kappa shape index (κ2) is 11.8. The molecule has 1 aromatic heterocycles. The lowest BCUT2D eigenvalue weighted by Gasteiger charge is -2.34. The molecule has 0 unspecified atom stereocenters. The number of phenols is 1. The molecule has 0 radical (unpaired) electrons. The molecule has 1 saturated heterocycles. The fourth-order valence-corrected chi connectivity index (χ4v) is 3.45. The first-order valence-corrected chi connectivity index (χ1v) is 10.2. The van der Waals surface area contributed by atoms with Crippen LogP contribution in [0.2, 0.25) is 0 Å². The number of hydrogen-bond acceptors (Lipinski definition) is 5. The van der Waals surface area contributed by atoms with Gasteiger partial charge in [-0.1, -0.05) is 6.07 Å². The molecule has 0 bridgehead atoms. The Morgan fingerprint density at radius 2 is 2.03 bits per heavy atom. The van der Waals surface area contributed by atoms with Crippen LogP contribution in [0.25, 0.3) is 0 Å². The number of methoxy groups -OCH3 is 1. The summed E-state index contributed by atoms with van der Waals surface area (Å²) in [5.41, 5.74) is 1.78. The van der Waals surface area contributed by atoms with Gasteiger partial charge in [0, 0.05) is 36.9 Å². The number of aromatic nitrogens is 1. The number of phenolic OH excluding ortho intramolecular Hbond substituents is 1. The molecule has 164 valence electrons. The van der Waals surface area contributed by atoms with Crippen LogP contribution in [0.4, 0.5) is 5.82 Å². The molecule has 0 amide bonds. The minimum Gasteiger partial charge on any atom is -0.508 e. The summed E-state index contributed by atoms with van der Waals surface area (Å²) in [6.45, 7) is 7.16. The van der Waals surface area contributed by atoms with Gasteiger partial charge < -0.3 is 25.4 Å². The average Bonchev–Trinajstić information content (AvgIpc) is 2.73. The maximum Gasteiger partial charge on any atom is 0.191 e. The summed E-state index contributed by atoms with van der Waals surface area (Å²) in [4.78, 5) is 11.6. The standard InChI is InChI=1S/C22H31N5O2.HI/c1-4-23-22(24-15-17-14-19(29-3)8-9-20(17)28)26-18-10-12-27(13-11-18)21-7-5-6-16(2)25-21;/h5-9,14,18,28H,4,10-13,15H2,1-3H3,(H2,23,24,26);1H. The van der Waals surface area contributed by atoms with Gasteiger partial charge in [-0.05, 0) is 57.0 Å². The van der Waals surface area contributed by atoms with Crippen molar-refractivity contribution in [2.75, 3.05) is 31.6 Å². The predicted octanol–water partition coefficient (Wildman–Crippen LogP) is 3.45. The lowest BCUT2D eigenvalue weighted by molar-refractivity contribution is 0.410. The zero-order valence-corrected chi connectivity index (χ0v) is 20.2. The zero-order valence-electron chi connectivity index (χ0n) is 17.9. The van der Waals surface area contributed by atoms with Gasteiger partial charge in [0.15, 0.2) is 5.96 Å². The number of nitrogens with one attached hydrogen (secondary N) is 2. The lowest BCUT2D eigenvalue weighted by atomic mass is 10.1. The topological polar surface area (TPSA) is 82.0 Å². The Balaban J connectivity index is 0.00000320. The van der Waals surface area contributed by atoms with Crippen LogP contribution in [0.3, 0.4) is 0 Å². The Morgan fingerprint density at radius 1 is 1.27 bits per heavy atom. The first-order valence-electron chi connectivity index (χ1n) is 10.2. The largest absolute Gasteiger partial charge is 0.508 e. The quantitative estimate of drug-likeness (QED) is 0.305. The average molecular weight is 525 g/mol. The van der Waals surface area contributed by atoms with E-state index in [1.807, 2.05) is 26.0 Å². The molecule has 7 nitrogen and oxygen atoms in total. The Bertz CT molecular complexity index is 838. The number of pyridine rings is 1. The third-order valence-electron chi connectivity index (χ3n) is 5.07. The zero-order chi connectivity index (χ0) is 20.6. The molecule has 3 rings (SSSR count). The Morgan fingerprint density at radius 3 is 2.70 bits per heavy atom. The van der Waals surface area contributed by atoms with Gasteiger partial charge in [-0.15, -0.1) is 24.0 Å². The molecular formula is C22H32IN5O2. The summed E-state index contributed by atoms with van der Waals surface area (Å²) in [5.74, 6) is 2.76. The summed E-state index contributed by atoms with van der Waals surface area (Å²) >= 11 is 0. The van der Waals surface area contributed by atoms with E-state index in [2.05, 4.69) is 37.6 Å². The number of benzene rings is 1. The number of guanidine groups is 1. The van der Waals surface area contributed by atoms with E-state index in [0.29, 0.717) is 18.3 Å². The third-order valence-corrected chi connectivity index (χ3v) is 5.07. The SMILES string of the molecule is CCNC(=NCc1cc(OC)ccc1O)NC1CCN(c2cccc(C)n2)CC1.I. The maximum atomic E-state index is 10.1. The molecule has 2 heterocycles. The monoisotopic (exact) mass is 525 g/mol. The number of anilines is 1. The van der Waals surface area contributed by atoms with Crippen molar-refractivity contribution in [2.45, 2.75) is 39.3 Å². The summed E-state index contributed by atoms with van der Waals surface area (Å²) in [6.07, 6.45) is 2.04. The number of halogens is 1. The van der Waals surface area contributed by atoms with Gasteiger partial charge in [-0.3, -0.25) is 0 Å². The number of ether oxygens (including phenoxy) is 1. The Hall–Kier alpha value is -2.23. The molecule has 0 saturated carbocycles. The van der Waals surface area contributed by atoms with E-state index >= 15 is 0 Å². The van der Waals surface area contributed by atoms with Crippen molar-refractivity contribution in [3.63, 3.8) is 0 Å². The van der Waals surface area contributed by atoms with Crippen molar-refractivity contribution >= 4 is 35.8 Å². The highest BCUT2D eigenvalue weighted by Gasteiger charge is 2.21. The van der Waals surface area contributed by atoms with E-state index < -0.39 is 0 Å². The first-order chi connectivity index (χ1) is 14.1. The molecule has 1 aliphatic heterocycles. The molecule has 1 aromatic carbocycles. The molecule has 1 aliphatic rings. The highest BCUT2D eigenvalue weighted by Crippen LogP contribution is 2.23. The van der Waals surface area contributed by atoms with Crippen LogP contribution >= 0.6 is 24.0 Å². The minimum absolute atomic E-state index is 0. The molecule has 1 fully saturated rings. The molecule has 2 aromatic rings. The molecule has 30 heavy (non-hydrogen) atoms. The maximum absolute atomic E-state index is 10.1. The third kappa shape index (κ3) is 6.65. The van der Waals surface area contributed by atoms with Crippen molar-refractivity contribution < 1.29 is 9.84 Å². The summed E-state index contributed by atoms with van der Waals surface area (Å²) in [5, 5.41) is 16.9. The normalized spacial score (nSPS) is 14.8. The van der Waals surface area contributed by atoms with Gasteiger partial charge in [0.1, 0.15) is 17.3 Å². The molecule has 3 N–H and O–H groups in total. The second-order valence-electron chi connectivity index (χ2n) is 7.23. The van der Waals surface area contributed by atoms with Gasteiger partial charge in [-0.25, -0.2) is 9.98 Å². The molecule has 0 spiro atoms. The fraction of sp³-hybridized carbons (Fsp3) is 0.455. The van der Waals surface area contributed by atoms with E-state index in [0.717, 1.165) is 55.5 Å². The number of rotatable bonds is 6. The fourth-order valence-electron chi connectivity index (χ4n) is 3.45. The summed E-state index contributed by atoms with van der Waals surface area (Å²) in [7, 11) is 1.61. The lowest BCUT2D eigenvalue weighted by Crippen LogP contribution is -2.48. The van der Waals surface area contributed by atoms with Crippen molar-refractivity contribution in [1.82, 2.24) is 15.6 Å². The van der Waals surface area contributed by atoms with Crippen LogP contribution in [0.1, 0.15) is 31.0 Å². The second-order valence-corrected chi connectivity index (χ2v) is 7.23. The van der Waals surface area contributed by atoms with E-state index in [1.54, 1.807) is 19.2 Å². The van der Waals surface area contributed by atoms with E-state index in [1.165, 1.54) is 0 Å². The van der Waals surface area contributed by atoms with Crippen molar-refractivity contribution in [1.29, 1.82) is 0 Å². The number of piperidine rings is 1. The van der Waals surface area contributed by atoms with Gasteiger partial charge in [-0.2, -0.15) is 0 Å². The molecular weight excluding hydrogens is 493 g/mol. The smallest absolute Gasteiger partial charge is 0.191 e. The molecule has 8 heteroatoms. The van der Waals surface area contributed by atoms with Gasteiger partial charge in [0.05, 0.1) is 13.7 Å². The van der Waals surface area contributed by atoms with E-state index in [9.17, 15) is 5.11 Å². The van der Waals surface area contributed by atoms with Crippen LogP contribution < -0.4 is 20.3 Å². The first kappa shape index (κ1) is 24.0. The van der Waals surface area contributed by atoms with Gasteiger partial charge >= 0.3 is 0 Å². The van der Waals surface area contributed by atoms with Crippen LogP contribution in [-0.4, -0.2) is 48.8 Å². The minimum atomic E-state index is 0. The predicted molar refractivity (Wildman–Crippen MR) is 132 cm³/mol. The highest BCUT2D eigenvalue weighted by atomic mass is 127. The Kier molecular flexibility index (Phi) is 9.48. The van der Waals surface area contributed by atoms with Crippen LogP contribution in [0.5, 0.6) is 11.5 Å². The number of hydrogen-bond donors (Lipinski definition) is 3. The number of nitrogens with zero attached hydrogens (tertiary/aromatic N) is 3. The Labute approximate surface area is 196 Å². The van der Waals surface area contributed by atoms with Crippen LogP contribution in [0.15, 0.2) is 41.4 Å². The van der Waals surface area contributed by atoms with Crippen LogP contribution in [-0.2, 0) is 6.54 Å². The van der Waals surface area contributed by atoms with Crippen LogP contribution in [0, 0.1) is 6.92 Å². The number of aromatic hydroxyl groups is 1.